The molecule has 2 atom stereocenters. The van der Waals surface area contributed by atoms with E-state index in [0.717, 1.165) is 5.56 Å². The molecule has 6 heteroatoms. The third kappa shape index (κ3) is 3.38. The molecule has 1 amide bonds. The molecule has 100 valence electrons. The molecule has 1 heterocycles. The predicted molar refractivity (Wildman–Crippen MR) is 70.8 cm³/mol. The van der Waals surface area contributed by atoms with E-state index in [1.165, 1.54) is 6.33 Å². The maximum absolute atomic E-state index is 12.0. The van der Waals surface area contributed by atoms with E-state index in [2.05, 4.69) is 20.5 Å². The van der Waals surface area contributed by atoms with Crippen LogP contribution in [0, 0.1) is 5.92 Å². The Morgan fingerprint density at radius 2 is 2.16 bits per heavy atom. The van der Waals surface area contributed by atoms with E-state index in [9.17, 15) is 4.79 Å². The number of carbonyl (C=O) groups is 1. The number of nitrogens with zero attached hydrogens (tertiary/aromatic N) is 2. The maximum Gasteiger partial charge on any atom is 0.225 e. The van der Waals surface area contributed by atoms with Crippen LogP contribution < -0.4 is 11.1 Å². The number of amides is 1. The number of aromatic nitrogens is 3. The molecular weight excluding hydrogens is 242 g/mol. The fourth-order valence-electron chi connectivity index (χ4n) is 1.77. The van der Waals surface area contributed by atoms with Gasteiger partial charge in [-0.3, -0.25) is 9.89 Å². The summed E-state index contributed by atoms with van der Waals surface area (Å²) in [6.07, 6.45) is 1.40. The molecule has 0 bridgehead atoms. The van der Waals surface area contributed by atoms with Crippen molar-refractivity contribution in [2.75, 3.05) is 0 Å². The van der Waals surface area contributed by atoms with E-state index in [1.807, 2.05) is 37.3 Å². The Hall–Kier alpha value is -2.21. The van der Waals surface area contributed by atoms with Gasteiger partial charge in [-0.2, -0.15) is 5.10 Å². The normalized spacial score (nSPS) is 13.8. The summed E-state index contributed by atoms with van der Waals surface area (Å²) in [5, 5.41) is 9.18. The highest BCUT2D eigenvalue weighted by molar-refractivity contribution is 5.79. The van der Waals surface area contributed by atoms with Crippen LogP contribution in [0.15, 0.2) is 36.7 Å². The third-order valence-electron chi connectivity index (χ3n) is 3.03. The number of rotatable bonds is 5. The monoisotopic (exact) mass is 259 g/mol. The van der Waals surface area contributed by atoms with Gasteiger partial charge in [0.15, 0.2) is 0 Å². The molecule has 0 saturated carbocycles. The molecule has 0 aliphatic heterocycles. The second kappa shape index (κ2) is 6.10. The molecule has 0 spiro atoms. The lowest BCUT2D eigenvalue weighted by atomic mass is 9.95. The Kier molecular flexibility index (Phi) is 4.25. The van der Waals surface area contributed by atoms with E-state index in [-0.39, 0.29) is 17.9 Å². The minimum Gasteiger partial charge on any atom is -0.349 e. The minimum absolute atomic E-state index is 0.104. The zero-order chi connectivity index (χ0) is 13.7. The van der Waals surface area contributed by atoms with Crippen LogP contribution in [0.2, 0.25) is 0 Å². The summed E-state index contributed by atoms with van der Waals surface area (Å²) in [4.78, 5) is 15.9. The second-order valence-corrected chi connectivity index (χ2v) is 4.38. The number of hydrogen-bond acceptors (Lipinski definition) is 4. The van der Waals surface area contributed by atoms with Crippen molar-refractivity contribution >= 4 is 5.91 Å². The van der Waals surface area contributed by atoms with E-state index >= 15 is 0 Å². The van der Waals surface area contributed by atoms with Gasteiger partial charge in [0.05, 0.1) is 12.5 Å². The molecule has 0 fully saturated rings. The van der Waals surface area contributed by atoms with Crippen molar-refractivity contribution < 1.29 is 4.79 Å². The van der Waals surface area contributed by atoms with Crippen molar-refractivity contribution in [2.24, 2.45) is 11.7 Å². The molecule has 0 saturated heterocycles. The van der Waals surface area contributed by atoms with Crippen molar-refractivity contribution in [3.8, 4) is 0 Å². The summed E-state index contributed by atoms with van der Waals surface area (Å²) in [6.45, 7) is 2.14. The Bertz CT molecular complexity index is 511. The van der Waals surface area contributed by atoms with Gasteiger partial charge in [-0.15, -0.1) is 0 Å². The quantitative estimate of drug-likeness (QED) is 0.738. The fraction of sp³-hybridized carbons (Fsp3) is 0.308. The van der Waals surface area contributed by atoms with Gasteiger partial charge in [0.2, 0.25) is 5.91 Å². The Morgan fingerprint density at radius 1 is 1.42 bits per heavy atom. The molecule has 2 unspecified atom stereocenters. The lowest BCUT2D eigenvalue weighted by Gasteiger charge is -2.19. The third-order valence-corrected chi connectivity index (χ3v) is 3.03. The van der Waals surface area contributed by atoms with E-state index in [1.54, 1.807) is 0 Å². The molecule has 2 aromatic rings. The molecule has 0 radical (unpaired) electrons. The van der Waals surface area contributed by atoms with Crippen molar-refractivity contribution in [1.82, 2.24) is 20.5 Å². The molecule has 6 nitrogen and oxygen atoms in total. The first-order chi connectivity index (χ1) is 9.18. The lowest BCUT2D eigenvalue weighted by molar-refractivity contribution is -0.125. The number of carbonyl (C=O) groups excluding carboxylic acids is 1. The smallest absolute Gasteiger partial charge is 0.225 e. The SMILES string of the molecule is CC(C(=O)NCc1ncn[nH]1)C(N)c1ccccc1. The summed E-state index contributed by atoms with van der Waals surface area (Å²) in [5.74, 6) is 0.201. The number of nitrogens with two attached hydrogens (primary N) is 1. The van der Waals surface area contributed by atoms with Crippen LogP contribution in [0.5, 0.6) is 0 Å². The van der Waals surface area contributed by atoms with Gasteiger partial charge < -0.3 is 11.1 Å². The first-order valence-electron chi connectivity index (χ1n) is 6.11. The van der Waals surface area contributed by atoms with Gasteiger partial charge in [-0.25, -0.2) is 4.98 Å². The number of hydrogen-bond donors (Lipinski definition) is 3. The highest BCUT2D eigenvalue weighted by atomic mass is 16.1. The molecule has 0 aliphatic carbocycles. The standard InChI is InChI=1S/C13H17N5O/c1-9(12(14)10-5-3-2-4-6-10)13(19)15-7-11-16-8-17-18-11/h2-6,8-9,12H,7,14H2,1H3,(H,15,19)(H,16,17,18). The highest BCUT2D eigenvalue weighted by Crippen LogP contribution is 2.18. The summed E-state index contributed by atoms with van der Waals surface area (Å²) in [7, 11) is 0. The fourth-order valence-corrected chi connectivity index (χ4v) is 1.77. The van der Waals surface area contributed by atoms with Gasteiger partial charge in [0, 0.05) is 6.04 Å². The van der Waals surface area contributed by atoms with E-state index in [0.29, 0.717) is 12.4 Å². The molecule has 1 aromatic carbocycles. The highest BCUT2D eigenvalue weighted by Gasteiger charge is 2.21. The zero-order valence-corrected chi connectivity index (χ0v) is 10.7. The maximum atomic E-state index is 12.0. The first kappa shape index (κ1) is 13.2. The van der Waals surface area contributed by atoms with Crippen LogP contribution in [0.25, 0.3) is 0 Å². The summed E-state index contributed by atoms with van der Waals surface area (Å²) < 4.78 is 0. The summed E-state index contributed by atoms with van der Waals surface area (Å²) >= 11 is 0. The van der Waals surface area contributed by atoms with Crippen LogP contribution in [0.4, 0.5) is 0 Å². The minimum atomic E-state index is -0.323. The molecule has 2 rings (SSSR count). The van der Waals surface area contributed by atoms with Crippen molar-refractivity contribution in [2.45, 2.75) is 19.5 Å². The van der Waals surface area contributed by atoms with Crippen LogP contribution in [-0.4, -0.2) is 21.1 Å². The molecule has 4 N–H and O–H groups in total. The van der Waals surface area contributed by atoms with Crippen LogP contribution >= 0.6 is 0 Å². The van der Waals surface area contributed by atoms with Crippen molar-refractivity contribution in [3.63, 3.8) is 0 Å². The van der Waals surface area contributed by atoms with E-state index < -0.39 is 0 Å². The Morgan fingerprint density at radius 3 is 2.79 bits per heavy atom. The Balaban J connectivity index is 1.91. The summed E-state index contributed by atoms with van der Waals surface area (Å²) in [5.41, 5.74) is 7.04. The Labute approximate surface area is 111 Å². The van der Waals surface area contributed by atoms with Crippen LogP contribution in [0.3, 0.4) is 0 Å². The number of nitrogens with one attached hydrogen (secondary N) is 2. The predicted octanol–water partition coefficient (Wildman–Crippen LogP) is 0.757. The van der Waals surface area contributed by atoms with Gasteiger partial charge >= 0.3 is 0 Å². The molecule has 1 aromatic heterocycles. The molecule has 19 heavy (non-hydrogen) atoms. The summed E-state index contributed by atoms with van der Waals surface area (Å²) in [6, 6.07) is 9.26. The largest absolute Gasteiger partial charge is 0.349 e. The topological polar surface area (TPSA) is 96.7 Å². The van der Waals surface area contributed by atoms with Crippen LogP contribution in [0.1, 0.15) is 24.4 Å². The van der Waals surface area contributed by atoms with Crippen LogP contribution in [-0.2, 0) is 11.3 Å². The van der Waals surface area contributed by atoms with E-state index in [4.69, 9.17) is 5.73 Å². The zero-order valence-electron chi connectivity index (χ0n) is 10.7. The van der Waals surface area contributed by atoms with Gasteiger partial charge in [-0.05, 0) is 5.56 Å². The average Bonchev–Trinajstić information content (AvgIpc) is 2.97. The molecule has 0 aliphatic rings. The van der Waals surface area contributed by atoms with Gasteiger partial charge in [0.25, 0.3) is 0 Å². The van der Waals surface area contributed by atoms with Crippen molar-refractivity contribution in [3.05, 3.63) is 48.0 Å². The second-order valence-electron chi connectivity index (χ2n) is 4.38. The number of H-pyrrole nitrogens is 1. The average molecular weight is 259 g/mol. The lowest BCUT2D eigenvalue weighted by Crippen LogP contribution is -2.35. The molecular formula is C13H17N5O. The number of benzene rings is 1. The van der Waals surface area contributed by atoms with Gasteiger partial charge in [-0.1, -0.05) is 37.3 Å². The first-order valence-corrected chi connectivity index (χ1v) is 6.11. The van der Waals surface area contributed by atoms with Gasteiger partial charge in [0.1, 0.15) is 12.2 Å². The number of aromatic amines is 1. The van der Waals surface area contributed by atoms with Crippen molar-refractivity contribution in [1.29, 1.82) is 0 Å².